The monoisotopic (exact) mass is 287 g/mol. The van der Waals surface area contributed by atoms with Crippen molar-refractivity contribution in [2.45, 2.75) is 57.9 Å². The summed E-state index contributed by atoms with van der Waals surface area (Å²) in [6, 6.07) is 9.47. The fourth-order valence-corrected chi connectivity index (χ4v) is 3.78. The van der Waals surface area contributed by atoms with Crippen molar-refractivity contribution in [3.63, 3.8) is 0 Å². The molecule has 0 spiro atoms. The van der Waals surface area contributed by atoms with Crippen molar-refractivity contribution in [3.05, 3.63) is 35.4 Å². The van der Waals surface area contributed by atoms with Gasteiger partial charge in [0.2, 0.25) is 0 Å². The van der Waals surface area contributed by atoms with Gasteiger partial charge in [-0.05, 0) is 44.1 Å². The van der Waals surface area contributed by atoms with Crippen LogP contribution in [0.2, 0.25) is 0 Å². The molecule has 1 unspecified atom stereocenters. The van der Waals surface area contributed by atoms with Crippen LogP contribution in [0, 0.1) is 18.3 Å². The van der Waals surface area contributed by atoms with Gasteiger partial charge in [0.15, 0.2) is 0 Å². The molecule has 21 heavy (non-hydrogen) atoms. The third-order valence-electron chi connectivity index (χ3n) is 5.48. The first kappa shape index (κ1) is 15.1. The van der Waals surface area contributed by atoms with Gasteiger partial charge in [0.25, 0.3) is 0 Å². The van der Waals surface area contributed by atoms with Crippen LogP contribution < -0.4 is 5.32 Å². The van der Waals surface area contributed by atoms with Gasteiger partial charge in [-0.15, -0.1) is 0 Å². The quantitative estimate of drug-likeness (QED) is 0.829. The first-order valence-electron chi connectivity index (χ1n) is 8.63. The largest absolute Gasteiger partial charge is 0.396 e. The summed E-state index contributed by atoms with van der Waals surface area (Å²) >= 11 is 0. The number of benzene rings is 1. The Kier molecular flexibility index (Phi) is 4.66. The lowest BCUT2D eigenvalue weighted by molar-refractivity contribution is 0.0773. The molecule has 0 saturated heterocycles. The lowest BCUT2D eigenvalue weighted by Crippen LogP contribution is -2.41. The zero-order valence-electron chi connectivity index (χ0n) is 13.3. The molecule has 2 N–H and O–H groups in total. The number of aliphatic hydroxyl groups excluding tert-OH is 1. The van der Waals surface area contributed by atoms with Gasteiger partial charge in [-0.25, -0.2) is 0 Å². The van der Waals surface area contributed by atoms with Gasteiger partial charge < -0.3 is 10.4 Å². The van der Waals surface area contributed by atoms with Crippen molar-refractivity contribution in [2.75, 3.05) is 13.2 Å². The molecule has 2 heteroatoms. The summed E-state index contributed by atoms with van der Waals surface area (Å²) in [5.41, 5.74) is 2.88. The standard InChI is InChI=1S/C19H29NO/c1-15-5-7-16(8-6-15)18(17-9-10-17)20-13-19(14-21)11-3-2-4-12-19/h5-8,17-18,20-21H,2-4,9-14H2,1H3. The van der Waals surface area contributed by atoms with E-state index in [-0.39, 0.29) is 5.41 Å². The summed E-state index contributed by atoms with van der Waals surface area (Å²) in [5, 5.41) is 13.7. The minimum atomic E-state index is 0.135. The van der Waals surface area contributed by atoms with Gasteiger partial charge >= 0.3 is 0 Å². The number of aryl methyl sites for hydroxylation is 1. The Balaban J connectivity index is 1.66. The van der Waals surface area contributed by atoms with Gasteiger partial charge in [0.1, 0.15) is 0 Å². The highest BCUT2D eigenvalue weighted by molar-refractivity contribution is 5.25. The zero-order valence-corrected chi connectivity index (χ0v) is 13.3. The van der Waals surface area contributed by atoms with Crippen LogP contribution in [0.3, 0.4) is 0 Å². The maximum absolute atomic E-state index is 9.88. The van der Waals surface area contributed by atoms with Crippen LogP contribution in [0.25, 0.3) is 0 Å². The van der Waals surface area contributed by atoms with Crippen LogP contribution in [-0.4, -0.2) is 18.3 Å². The van der Waals surface area contributed by atoms with Crippen molar-refractivity contribution < 1.29 is 5.11 Å². The topological polar surface area (TPSA) is 32.3 Å². The van der Waals surface area contributed by atoms with Crippen molar-refractivity contribution in [3.8, 4) is 0 Å². The molecule has 2 aliphatic rings. The number of nitrogens with one attached hydrogen (secondary N) is 1. The van der Waals surface area contributed by atoms with E-state index in [1.165, 1.54) is 56.1 Å². The van der Waals surface area contributed by atoms with E-state index in [1.54, 1.807) is 0 Å². The van der Waals surface area contributed by atoms with E-state index in [4.69, 9.17) is 0 Å². The average Bonchev–Trinajstić information content (AvgIpc) is 3.35. The predicted octanol–water partition coefficient (Wildman–Crippen LogP) is 3.98. The van der Waals surface area contributed by atoms with Gasteiger partial charge in [-0.3, -0.25) is 0 Å². The molecule has 2 aliphatic carbocycles. The minimum Gasteiger partial charge on any atom is -0.396 e. The molecule has 2 nitrogen and oxygen atoms in total. The molecule has 0 aliphatic heterocycles. The summed E-state index contributed by atoms with van der Waals surface area (Å²) < 4.78 is 0. The molecule has 0 radical (unpaired) electrons. The van der Waals surface area contributed by atoms with E-state index in [2.05, 4.69) is 36.5 Å². The van der Waals surface area contributed by atoms with Crippen molar-refractivity contribution in [1.82, 2.24) is 5.32 Å². The van der Waals surface area contributed by atoms with E-state index in [0.29, 0.717) is 12.6 Å². The fourth-order valence-electron chi connectivity index (χ4n) is 3.78. The third kappa shape index (κ3) is 3.67. The second-order valence-corrected chi connectivity index (χ2v) is 7.33. The van der Waals surface area contributed by atoms with Gasteiger partial charge in [0, 0.05) is 24.6 Å². The van der Waals surface area contributed by atoms with Crippen LogP contribution >= 0.6 is 0 Å². The molecule has 1 atom stereocenters. The molecule has 0 heterocycles. The van der Waals surface area contributed by atoms with Crippen molar-refractivity contribution >= 4 is 0 Å². The Bertz CT molecular complexity index is 443. The number of hydrogen-bond donors (Lipinski definition) is 2. The minimum absolute atomic E-state index is 0.135. The zero-order chi connectivity index (χ0) is 14.7. The van der Waals surface area contributed by atoms with Crippen LogP contribution in [0.1, 0.15) is 62.1 Å². The van der Waals surface area contributed by atoms with E-state index >= 15 is 0 Å². The van der Waals surface area contributed by atoms with E-state index in [9.17, 15) is 5.11 Å². The summed E-state index contributed by atoms with van der Waals surface area (Å²) in [5.74, 6) is 0.798. The average molecular weight is 287 g/mol. The van der Waals surface area contributed by atoms with E-state index < -0.39 is 0 Å². The van der Waals surface area contributed by atoms with Crippen LogP contribution in [0.5, 0.6) is 0 Å². The fraction of sp³-hybridized carbons (Fsp3) is 0.684. The molecule has 1 aromatic carbocycles. The van der Waals surface area contributed by atoms with E-state index in [0.717, 1.165) is 12.5 Å². The van der Waals surface area contributed by atoms with Crippen LogP contribution in [0.4, 0.5) is 0 Å². The molecule has 0 amide bonds. The SMILES string of the molecule is Cc1ccc(C(NCC2(CO)CCCCC2)C2CC2)cc1. The highest BCUT2D eigenvalue weighted by atomic mass is 16.3. The first-order chi connectivity index (χ1) is 10.2. The lowest BCUT2D eigenvalue weighted by atomic mass is 9.74. The Morgan fingerprint density at radius 2 is 1.81 bits per heavy atom. The predicted molar refractivity (Wildman–Crippen MR) is 87.3 cm³/mol. The maximum atomic E-state index is 9.88. The van der Waals surface area contributed by atoms with Crippen molar-refractivity contribution in [1.29, 1.82) is 0 Å². The maximum Gasteiger partial charge on any atom is 0.0499 e. The van der Waals surface area contributed by atoms with Crippen LogP contribution in [0.15, 0.2) is 24.3 Å². The summed E-state index contributed by atoms with van der Waals surface area (Å²) in [6.45, 7) is 3.45. The molecular formula is C19H29NO. The number of hydrogen-bond acceptors (Lipinski definition) is 2. The molecule has 0 aromatic heterocycles. The second kappa shape index (κ2) is 6.50. The van der Waals surface area contributed by atoms with Gasteiger partial charge in [0.05, 0.1) is 0 Å². The summed E-state index contributed by atoms with van der Waals surface area (Å²) in [7, 11) is 0. The molecule has 1 aromatic rings. The highest BCUT2D eigenvalue weighted by Crippen LogP contribution is 2.42. The van der Waals surface area contributed by atoms with Gasteiger partial charge in [-0.1, -0.05) is 49.1 Å². The molecule has 2 saturated carbocycles. The first-order valence-corrected chi connectivity index (χ1v) is 8.63. The summed E-state index contributed by atoms with van der Waals surface area (Å²) in [6.07, 6.45) is 8.95. The molecule has 3 rings (SSSR count). The third-order valence-corrected chi connectivity index (χ3v) is 5.48. The summed E-state index contributed by atoms with van der Waals surface area (Å²) in [4.78, 5) is 0. The van der Waals surface area contributed by atoms with Crippen LogP contribution in [-0.2, 0) is 0 Å². The van der Waals surface area contributed by atoms with E-state index in [1.807, 2.05) is 0 Å². The Morgan fingerprint density at radius 3 is 2.38 bits per heavy atom. The Labute approximate surface area is 129 Å². The molecular weight excluding hydrogens is 258 g/mol. The smallest absolute Gasteiger partial charge is 0.0499 e. The Morgan fingerprint density at radius 1 is 1.14 bits per heavy atom. The molecule has 116 valence electrons. The van der Waals surface area contributed by atoms with Gasteiger partial charge in [-0.2, -0.15) is 0 Å². The molecule has 2 fully saturated rings. The Hall–Kier alpha value is -0.860. The lowest BCUT2D eigenvalue weighted by Gasteiger charge is -2.37. The number of rotatable bonds is 6. The van der Waals surface area contributed by atoms with Crippen molar-refractivity contribution in [2.24, 2.45) is 11.3 Å². The number of aliphatic hydroxyl groups is 1. The highest BCUT2D eigenvalue weighted by Gasteiger charge is 2.36. The molecule has 0 bridgehead atoms. The second-order valence-electron chi connectivity index (χ2n) is 7.33. The normalized spacial score (nSPS) is 23.0.